The molecule has 6 aliphatic rings. The van der Waals surface area contributed by atoms with Gasteiger partial charge in [-0.3, -0.25) is 14.9 Å². The van der Waals surface area contributed by atoms with Crippen LogP contribution in [0.15, 0.2) is 18.2 Å². The van der Waals surface area contributed by atoms with E-state index in [9.17, 15) is 9.59 Å². The molecule has 3 unspecified atom stereocenters. The number of benzene rings is 1. The van der Waals surface area contributed by atoms with Crippen molar-refractivity contribution in [3.63, 3.8) is 0 Å². The fourth-order valence-corrected chi connectivity index (χ4v) is 8.12. The van der Waals surface area contributed by atoms with Gasteiger partial charge in [0.25, 0.3) is 0 Å². The molecule has 2 saturated carbocycles. The van der Waals surface area contributed by atoms with E-state index in [4.69, 9.17) is 0 Å². The standard InChI is InChI=1S/C25H33N5O2S/c31-23(16-4-5-16)29-11-8-15(13-29)14-30-22(27-25(9-10-25)24(30)32)21-7-6-20(33-21)17-2-1-3-19-18(17)12-26-28-19/h1-3,15-16,20-22,26-28H,4-14H2/t15-,20?,21?,22?/m1/s1. The highest BCUT2D eigenvalue weighted by Gasteiger charge is 2.61. The second-order valence-corrected chi connectivity index (χ2v) is 12.4. The average Bonchev–Trinajstić information content (AvgIpc) is 3.59. The summed E-state index contributed by atoms with van der Waals surface area (Å²) < 4.78 is 0. The van der Waals surface area contributed by atoms with E-state index in [1.165, 1.54) is 16.8 Å². The highest BCUT2D eigenvalue weighted by molar-refractivity contribution is 8.00. The van der Waals surface area contributed by atoms with Crippen LogP contribution in [-0.4, -0.2) is 58.2 Å². The zero-order valence-corrected chi connectivity index (χ0v) is 19.8. The van der Waals surface area contributed by atoms with Gasteiger partial charge in [0.15, 0.2) is 0 Å². The number of amides is 2. The maximum absolute atomic E-state index is 13.4. The van der Waals surface area contributed by atoms with Gasteiger partial charge in [-0.2, -0.15) is 0 Å². The second-order valence-electron chi connectivity index (χ2n) is 10.9. The van der Waals surface area contributed by atoms with Crippen molar-refractivity contribution in [2.24, 2.45) is 11.8 Å². The number of likely N-dealkylation sites (tertiary alicyclic amines) is 1. The normalized spacial score (nSPS) is 34.2. The topological polar surface area (TPSA) is 76.7 Å². The van der Waals surface area contributed by atoms with E-state index in [1.807, 2.05) is 0 Å². The fraction of sp³-hybridized carbons (Fsp3) is 0.680. The Bertz CT molecular complexity index is 993. The molecule has 5 fully saturated rings. The summed E-state index contributed by atoms with van der Waals surface area (Å²) in [5, 5.41) is 4.70. The molecule has 0 bridgehead atoms. The molecule has 4 atom stereocenters. The molecular formula is C25H33N5O2S. The van der Waals surface area contributed by atoms with Gasteiger partial charge in [-0.25, -0.2) is 5.43 Å². The highest BCUT2D eigenvalue weighted by atomic mass is 32.2. The first kappa shape index (κ1) is 20.6. The molecule has 176 valence electrons. The lowest BCUT2D eigenvalue weighted by Crippen LogP contribution is -2.46. The van der Waals surface area contributed by atoms with E-state index in [2.05, 4.69) is 55.9 Å². The van der Waals surface area contributed by atoms with Crippen molar-refractivity contribution in [1.82, 2.24) is 20.5 Å². The van der Waals surface area contributed by atoms with Gasteiger partial charge in [0.2, 0.25) is 11.8 Å². The molecule has 7 rings (SSSR count). The summed E-state index contributed by atoms with van der Waals surface area (Å²) in [7, 11) is 0. The molecule has 8 heteroatoms. The molecular weight excluding hydrogens is 434 g/mol. The Morgan fingerprint density at radius 2 is 2.03 bits per heavy atom. The number of hydrazine groups is 1. The molecule has 7 nitrogen and oxygen atoms in total. The van der Waals surface area contributed by atoms with Crippen molar-refractivity contribution in [3.05, 3.63) is 29.3 Å². The molecule has 0 aromatic heterocycles. The van der Waals surface area contributed by atoms with Gasteiger partial charge in [0.1, 0.15) is 0 Å². The van der Waals surface area contributed by atoms with Gasteiger partial charge in [0.05, 0.1) is 17.4 Å². The van der Waals surface area contributed by atoms with Crippen LogP contribution in [0.4, 0.5) is 5.69 Å². The molecule has 2 aliphatic carbocycles. The van der Waals surface area contributed by atoms with Crippen LogP contribution >= 0.6 is 11.8 Å². The van der Waals surface area contributed by atoms with Crippen LogP contribution in [0.25, 0.3) is 0 Å². The lowest BCUT2D eigenvalue weighted by atomic mass is 9.99. The van der Waals surface area contributed by atoms with Crippen LogP contribution in [0.3, 0.4) is 0 Å². The molecule has 2 amide bonds. The van der Waals surface area contributed by atoms with Gasteiger partial charge in [-0.15, -0.1) is 11.8 Å². The van der Waals surface area contributed by atoms with Crippen LogP contribution in [0.1, 0.15) is 61.3 Å². The molecule has 1 aromatic rings. The Morgan fingerprint density at radius 3 is 2.85 bits per heavy atom. The zero-order chi connectivity index (χ0) is 22.2. The van der Waals surface area contributed by atoms with E-state index in [0.717, 1.165) is 71.1 Å². The summed E-state index contributed by atoms with van der Waals surface area (Å²) in [6, 6.07) is 6.58. The molecule has 4 aliphatic heterocycles. The zero-order valence-electron chi connectivity index (χ0n) is 19.0. The summed E-state index contributed by atoms with van der Waals surface area (Å²) in [4.78, 5) is 30.2. The third kappa shape index (κ3) is 3.48. The van der Waals surface area contributed by atoms with E-state index in [-0.39, 0.29) is 17.6 Å². The summed E-state index contributed by atoms with van der Waals surface area (Å²) >= 11 is 2.06. The van der Waals surface area contributed by atoms with Crippen LogP contribution in [0, 0.1) is 11.8 Å². The Labute approximate surface area is 199 Å². The van der Waals surface area contributed by atoms with Crippen molar-refractivity contribution in [2.75, 3.05) is 25.1 Å². The average molecular weight is 468 g/mol. The number of thioether (sulfide) groups is 1. The summed E-state index contributed by atoms with van der Waals surface area (Å²) in [6.07, 6.45) is 7.52. The van der Waals surface area contributed by atoms with Gasteiger partial charge >= 0.3 is 0 Å². The van der Waals surface area contributed by atoms with E-state index >= 15 is 0 Å². The summed E-state index contributed by atoms with van der Waals surface area (Å²) in [6.45, 7) is 3.37. The highest BCUT2D eigenvalue weighted by Crippen LogP contribution is 2.52. The van der Waals surface area contributed by atoms with E-state index < -0.39 is 0 Å². The van der Waals surface area contributed by atoms with Crippen molar-refractivity contribution in [3.8, 4) is 0 Å². The fourth-order valence-electron chi connectivity index (χ4n) is 6.42. The molecule has 4 heterocycles. The van der Waals surface area contributed by atoms with Crippen molar-refractivity contribution < 1.29 is 9.59 Å². The smallest absolute Gasteiger partial charge is 0.244 e. The lowest BCUT2D eigenvalue weighted by molar-refractivity contribution is -0.131. The van der Waals surface area contributed by atoms with Crippen LogP contribution in [0.2, 0.25) is 0 Å². The third-order valence-corrected chi connectivity index (χ3v) is 10.3. The maximum Gasteiger partial charge on any atom is 0.244 e. The molecule has 1 spiro atoms. The number of fused-ring (bicyclic) bond motifs is 1. The van der Waals surface area contributed by atoms with Gasteiger partial charge in [0, 0.05) is 42.6 Å². The minimum atomic E-state index is -0.284. The van der Waals surface area contributed by atoms with E-state index in [1.54, 1.807) is 0 Å². The minimum absolute atomic E-state index is 0.121. The monoisotopic (exact) mass is 467 g/mol. The SMILES string of the molecule is O=C(C1CC1)N1CC[C@@H](CN2C(=O)C3(CC3)NC2C2CCC(c3cccc4c3CNN4)S2)C1. The third-order valence-electron chi connectivity index (χ3n) is 8.61. The Balaban J connectivity index is 1.06. The van der Waals surface area contributed by atoms with Crippen molar-refractivity contribution in [2.45, 2.75) is 73.7 Å². The number of carbonyl (C=O) groups excluding carboxylic acids is 2. The van der Waals surface area contributed by atoms with Crippen molar-refractivity contribution in [1.29, 1.82) is 0 Å². The van der Waals surface area contributed by atoms with Gasteiger partial charge < -0.3 is 15.2 Å². The Hall–Kier alpha value is -1.77. The number of carbonyl (C=O) groups is 2. The Kier molecular flexibility index (Phi) is 4.75. The molecule has 0 radical (unpaired) electrons. The number of hydrogen-bond acceptors (Lipinski definition) is 6. The number of nitrogens with zero attached hydrogens (tertiary/aromatic N) is 2. The predicted octanol–water partition coefficient (Wildman–Crippen LogP) is 2.60. The second kappa shape index (κ2) is 7.62. The summed E-state index contributed by atoms with van der Waals surface area (Å²) in [5.41, 5.74) is 10.3. The molecule has 3 N–H and O–H groups in total. The number of hydrogen-bond donors (Lipinski definition) is 3. The lowest BCUT2D eigenvalue weighted by Gasteiger charge is -2.31. The van der Waals surface area contributed by atoms with Gasteiger partial charge in [-0.1, -0.05) is 12.1 Å². The first-order valence-electron chi connectivity index (χ1n) is 12.7. The number of nitrogens with one attached hydrogen (secondary N) is 3. The van der Waals surface area contributed by atoms with Crippen molar-refractivity contribution >= 4 is 29.3 Å². The van der Waals surface area contributed by atoms with Crippen LogP contribution < -0.4 is 16.2 Å². The minimum Gasteiger partial charge on any atom is -0.342 e. The summed E-state index contributed by atoms with van der Waals surface area (Å²) in [5.74, 6) is 1.37. The van der Waals surface area contributed by atoms with Crippen LogP contribution in [0.5, 0.6) is 0 Å². The molecule has 3 saturated heterocycles. The maximum atomic E-state index is 13.4. The van der Waals surface area contributed by atoms with Gasteiger partial charge in [-0.05, 0) is 68.1 Å². The number of anilines is 1. The first-order valence-corrected chi connectivity index (χ1v) is 13.7. The first-order chi connectivity index (χ1) is 16.1. The quantitative estimate of drug-likeness (QED) is 0.618. The molecule has 1 aromatic carbocycles. The Morgan fingerprint density at radius 1 is 1.15 bits per heavy atom. The predicted molar refractivity (Wildman–Crippen MR) is 128 cm³/mol. The van der Waals surface area contributed by atoms with Crippen LogP contribution in [-0.2, 0) is 16.1 Å². The van der Waals surface area contributed by atoms with E-state index in [0.29, 0.717) is 28.2 Å². The largest absolute Gasteiger partial charge is 0.342 e. The molecule has 33 heavy (non-hydrogen) atoms. The number of rotatable bonds is 5.